The molecule has 0 aromatic carbocycles. The first-order valence-electron chi connectivity index (χ1n) is 0. The first kappa shape index (κ1) is 43.3. The molecule has 0 unspecified atom stereocenters. The van der Waals surface area contributed by atoms with Gasteiger partial charge in [-0.3, -0.25) is 0 Å². The zero-order chi connectivity index (χ0) is 0. The third-order valence-corrected chi connectivity index (χ3v) is 0. The van der Waals surface area contributed by atoms with Gasteiger partial charge in [0.2, 0.25) is 0 Å². The van der Waals surface area contributed by atoms with E-state index in [1.807, 2.05) is 0 Å². The third kappa shape index (κ3) is 9.31. The van der Waals surface area contributed by atoms with Gasteiger partial charge in [0.1, 0.15) is 0 Å². The van der Waals surface area contributed by atoms with Crippen LogP contribution in [-0.4, -0.2) is 66.1 Å². The van der Waals surface area contributed by atoms with Crippen LogP contribution in [0.25, 0.3) is 0 Å². The fourth-order valence-electron chi connectivity index (χ4n) is 0. The molecule has 0 aliphatic rings. The van der Waals surface area contributed by atoms with Gasteiger partial charge in [-0.25, -0.2) is 0 Å². The Balaban J connectivity index is 0. The molecular formula is H2AlCaO2+3. The molecule has 2 nitrogen and oxygen atoms in total. The van der Waals surface area contributed by atoms with E-state index in [0.29, 0.717) is 0 Å². The standard InChI is InChI=1S/Al.Ca.2H2O/h;;2*1H2/q+3;+2;;/p-2. The molecule has 0 aliphatic carbocycles. The smallest absolute Gasteiger partial charge is 0.870 e. The van der Waals surface area contributed by atoms with E-state index in [2.05, 4.69) is 0 Å². The van der Waals surface area contributed by atoms with Gasteiger partial charge < -0.3 is 11.0 Å². The van der Waals surface area contributed by atoms with Crippen molar-refractivity contribution in [2.75, 3.05) is 0 Å². The maximum Gasteiger partial charge on any atom is 3.00 e. The molecule has 0 saturated heterocycles. The molecular weight excluding hydrogens is 99.1 g/mol. The summed E-state index contributed by atoms with van der Waals surface area (Å²) in [5.41, 5.74) is 0. The van der Waals surface area contributed by atoms with Crippen LogP contribution in [-0.2, 0) is 0 Å². The van der Waals surface area contributed by atoms with E-state index in [0.717, 1.165) is 0 Å². The summed E-state index contributed by atoms with van der Waals surface area (Å²) in [6.07, 6.45) is 0. The second-order valence-corrected chi connectivity index (χ2v) is 0. The monoisotopic (exact) mass is 101 g/mol. The Morgan fingerprint density at radius 2 is 0.750 bits per heavy atom. The molecule has 0 aromatic rings. The van der Waals surface area contributed by atoms with Crippen LogP contribution in [0.3, 0.4) is 0 Å². The minimum absolute atomic E-state index is 0. The van der Waals surface area contributed by atoms with Gasteiger partial charge in [0.05, 0.1) is 0 Å². The zero-order valence-corrected chi connectivity index (χ0v) is 5.54. The maximum absolute atomic E-state index is 0. The molecule has 0 saturated carbocycles. The van der Waals surface area contributed by atoms with E-state index in [4.69, 9.17) is 0 Å². The van der Waals surface area contributed by atoms with E-state index in [1.54, 1.807) is 0 Å². The van der Waals surface area contributed by atoms with E-state index in [1.165, 1.54) is 0 Å². The number of rotatable bonds is 0. The SMILES string of the molecule is [Al+3].[Ca+2].[OH-].[OH-]. The average molecular weight is 101 g/mol. The predicted octanol–water partition coefficient (Wildman–Crippen LogP) is -1.12. The summed E-state index contributed by atoms with van der Waals surface area (Å²) in [4.78, 5) is 0. The Bertz CT molecular complexity index is 6.00. The van der Waals surface area contributed by atoms with Gasteiger partial charge in [-0.05, 0) is 0 Å². The Hall–Kier alpha value is 1.71. The van der Waals surface area contributed by atoms with Crippen LogP contribution in [0.4, 0.5) is 0 Å². The summed E-state index contributed by atoms with van der Waals surface area (Å²) in [5, 5.41) is 0. The van der Waals surface area contributed by atoms with Crippen molar-refractivity contribution in [2.24, 2.45) is 0 Å². The van der Waals surface area contributed by atoms with Crippen molar-refractivity contribution in [3.63, 3.8) is 0 Å². The van der Waals surface area contributed by atoms with Gasteiger partial charge in [0.25, 0.3) is 0 Å². The molecule has 4 heteroatoms. The molecule has 0 atom stereocenters. The summed E-state index contributed by atoms with van der Waals surface area (Å²) < 4.78 is 0. The van der Waals surface area contributed by atoms with Gasteiger partial charge in [-0.1, -0.05) is 0 Å². The molecule has 0 rings (SSSR count). The molecule has 0 spiro atoms. The van der Waals surface area contributed by atoms with Crippen LogP contribution in [0.15, 0.2) is 0 Å². The van der Waals surface area contributed by atoms with Gasteiger partial charge in [0.15, 0.2) is 0 Å². The van der Waals surface area contributed by atoms with Crippen molar-refractivity contribution in [3.05, 3.63) is 0 Å². The van der Waals surface area contributed by atoms with Crippen molar-refractivity contribution >= 4 is 55.1 Å². The molecule has 0 aliphatic heterocycles. The van der Waals surface area contributed by atoms with Crippen LogP contribution in [0.1, 0.15) is 0 Å². The largest absolute Gasteiger partial charge is 3.00 e. The Morgan fingerprint density at radius 1 is 0.750 bits per heavy atom. The Labute approximate surface area is 65.3 Å². The van der Waals surface area contributed by atoms with Gasteiger partial charge in [-0.15, -0.1) is 0 Å². The van der Waals surface area contributed by atoms with Crippen LogP contribution < -0.4 is 0 Å². The second kappa shape index (κ2) is 22.2. The van der Waals surface area contributed by atoms with E-state index in [9.17, 15) is 0 Å². The summed E-state index contributed by atoms with van der Waals surface area (Å²) in [5.74, 6) is 0. The van der Waals surface area contributed by atoms with Crippen molar-refractivity contribution < 1.29 is 11.0 Å². The molecule has 0 heterocycles. The minimum atomic E-state index is 0. The van der Waals surface area contributed by atoms with Crippen molar-refractivity contribution in [1.82, 2.24) is 0 Å². The molecule has 0 fully saturated rings. The Morgan fingerprint density at radius 3 is 0.750 bits per heavy atom. The van der Waals surface area contributed by atoms with Gasteiger partial charge in [-0.2, -0.15) is 0 Å². The third-order valence-electron chi connectivity index (χ3n) is 0. The van der Waals surface area contributed by atoms with Crippen LogP contribution in [0.5, 0.6) is 0 Å². The number of hydrogen-bond donors (Lipinski definition) is 0. The predicted molar refractivity (Wildman–Crippen MR) is 15.4 cm³/mol. The maximum atomic E-state index is 0. The van der Waals surface area contributed by atoms with Crippen molar-refractivity contribution in [2.45, 2.75) is 0 Å². The van der Waals surface area contributed by atoms with Crippen LogP contribution >= 0.6 is 0 Å². The van der Waals surface area contributed by atoms with Crippen LogP contribution in [0, 0.1) is 0 Å². The average Bonchev–Trinajstić information content (AvgIpc) is 0. The van der Waals surface area contributed by atoms with E-state index in [-0.39, 0.29) is 66.1 Å². The van der Waals surface area contributed by atoms with Gasteiger partial charge in [0, 0.05) is 0 Å². The fraction of sp³-hybridized carbons (Fsp3) is 0. The van der Waals surface area contributed by atoms with Gasteiger partial charge >= 0.3 is 55.1 Å². The molecule has 0 amide bonds. The van der Waals surface area contributed by atoms with Crippen molar-refractivity contribution in [3.8, 4) is 0 Å². The first-order valence-corrected chi connectivity index (χ1v) is 0. The van der Waals surface area contributed by atoms with Crippen LogP contribution in [0.2, 0.25) is 0 Å². The summed E-state index contributed by atoms with van der Waals surface area (Å²) >= 11 is 0. The first-order chi connectivity index (χ1) is 0. The van der Waals surface area contributed by atoms with Crippen molar-refractivity contribution in [1.29, 1.82) is 0 Å². The second-order valence-electron chi connectivity index (χ2n) is 0. The quantitative estimate of drug-likeness (QED) is 0.363. The summed E-state index contributed by atoms with van der Waals surface area (Å²) in [7, 11) is 0. The summed E-state index contributed by atoms with van der Waals surface area (Å²) in [6.45, 7) is 0. The molecule has 0 radical (unpaired) electrons. The topological polar surface area (TPSA) is 60.0 Å². The Kier molecular flexibility index (Phi) is 240. The molecule has 0 bridgehead atoms. The van der Waals surface area contributed by atoms with E-state index < -0.39 is 0 Å². The fourth-order valence-corrected chi connectivity index (χ4v) is 0. The minimum Gasteiger partial charge on any atom is -0.870 e. The normalized spacial score (nSPS) is 0. The molecule has 2 N–H and O–H groups in total. The zero-order valence-electron chi connectivity index (χ0n) is 2.18. The summed E-state index contributed by atoms with van der Waals surface area (Å²) in [6, 6.07) is 0. The molecule has 4 heavy (non-hydrogen) atoms. The molecule has 0 aromatic heterocycles. The molecule has 16 valence electrons. The van der Waals surface area contributed by atoms with E-state index >= 15 is 0 Å². The number of hydrogen-bond acceptors (Lipinski definition) is 2.